The van der Waals surface area contributed by atoms with E-state index in [-0.39, 0.29) is 29.9 Å². The van der Waals surface area contributed by atoms with Gasteiger partial charge in [-0.1, -0.05) is 23.7 Å². The van der Waals surface area contributed by atoms with Crippen LogP contribution in [0.3, 0.4) is 0 Å². The van der Waals surface area contributed by atoms with E-state index in [0.717, 1.165) is 30.0 Å². The third-order valence-electron chi connectivity index (χ3n) is 6.18. The molecule has 35 heavy (non-hydrogen) atoms. The van der Waals surface area contributed by atoms with E-state index in [1.165, 1.54) is 12.1 Å². The third kappa shape index (κ3) is 5.24. The van der Waals surface area contributed by atoms with E-state index in [1.54, 1.807) is 30.6 Å². The van der Waals surface area contributed by atoms with Crippen LogP contribution < -0.4 is 5.32 Å². The molecule has 0 spiro atoms. The maximum Gasteiger partial charge on any atom is 0.226 e. The number of carbonyl (C=O) groups excluding carboxylic acids is 1. The molecule has 1 aliphatic rings. The Labute approximate surface area is 205 Å². The van der Waals surface area contributed by atoms with Gasteiger partial charge in [-0.15, -0.1) is 0 Å². The number of halogens is 3. The van der Waals surface area contributed by atoms with Crippen LogP contribution in [0.15, 0.2) is 48.9 Å². The minimum Gasteiger partial charge on any atom is -0.367 e. The number of nitrogens with one attached hydrogen (secondary N) is 2. The van der Waals surface area contributed by atoms with Gasteiger partial charge in [0.2, 0.25) is 5.91 Å². The third-order valence-corrected chi connectivity index (χ3v) is 6.39. The van der Waals surface area contributed by atoms with Crippen LogP contribution in [0.25, 0.3) is 22.4 Å². The summed E-state index contributed by atoms with van der Waals surface area (Å²) in [5, 5.41) is 4.33. The zero-order chi connectivity index (χ0) is 24.4. The number of hydrogen-bond acceptors (Lipinski definition) is 5. The number of nitrogens with zero attached hydrogens (tertiary/aromatic N) is 4. The average molecular weight is 497 g/mol. The normalized spacial score (nSPS) is 16.0. The summed E-state index contributed by atoms with van der Waals surface area (Å²) < 4.78 is 27.6. The standard InChI is InChI=1S/C25H23ClF2N6O/c26-17-9-19-20(12-31-23(19)30-11-17)24-32-13-21(28)25(33-24)29-10-16-2-1-7-34(14-16)22(35)8-15-3-5-18(27)6-4-15/h3-6,9,11-13,16H,1-2,7-8,10,14H2,(H,30,31)(H,29,32,33). The number of pyridine rings is 1. The van der Waals surface area contributed by atoms with Gasteiger partial charge in [0.15, 0.2) is 17.5 Å². The molecule has 2 N–H and O–H groups in total. The lowest BCUT2D eigenvalue weighted by atomic mass is 9.97. The lowest BCUT2D eigenvalue weighted by Crippen LogP contribution is -2.42. The first kappa shape index (κ1) is 23.2. The first-order valence-corrected chi connectivity index (χ1v) is 11.8. The molecule has 180 valence electrons. The van der Waals surface area contributed by atoms with Gasteiger partial charge in [0.1, 0.15) is 11.5 Å². The first-order chi connectivity index (χ1) is 17.0. The molecule has 0 bridgehead atoms. The molecule has 10 heteroatoms. The summed E-state index contributed by atoms with van der Waals surface area (Å²) in [5.41, 5.74) is 2.09. The van der Waals surface area contributed by atoms with Gasteiger partial charge in [-0.3, -0.25) is 4.79 Å². The average Bonchev–Trinajstić information content (AvgIpc) is 3.28. The van der Waals surface area contributed by atoms with E-state index < -0.39 is 5.82 Å². The van der Waals surface area contributed by atoms with Crippen LogP contribution in [0.5, 0.6) is 0 Å². The summed E-state index contributed by atoms with van der Waals surface area (Å²) in [6.07, 6.45) is 6.41. The van der Waals surface area contributed by atoms with E-state index in [2.05, 4.69) is 25.3 Å². The second kappa shape index (κ2) is 9.95. The van der Waals surface area contributed by atoms with Crippen LogP contribution >= 0.6 is 11.6 Å². The summed E-state index contributed by atoms with van der Waals surface area (Å²) in [6, 6.07) is 7.73. The minimum atomic E-state index is -0.551. The molecule has 1 aromatic carbocycles. The number of benzene rings is 1. The molecule has 3 aromatic heterocycles. The summed E-state index contributed by atoms with van der Waals surface area (Å²) in [5.74, 6) is -0.267. The van der Waals surface area contributed by atoms with Gasteiger partial charge in [-0.05, 0) is 42.5 Å². The van der Waals surface area contributed by atoms with Crippen LogP contribution in [-0.4, -0.2) is 50.4 Å². The Morgan fingerprint density at radius 3 is 2.86 bits per heavy atom. The number of amides is 1. The van der Waals surface area contributed by atoms with Crippen molar-refractivity contribution in [1.29, 1.82) is 0 Å². The number of fused-ring (bicyclic) bond motifs is 1. The topological polar surface area (TPSA) is 86.8 Å². The van der Waals surface area contributed by atoms with Crippen molar-refractivity contribution in [1.82, 2.24) is 24.8 Å². The summed E-state index contributed by atoms with van der Waals surface area (Å²) in [4.78, 5) is 30.4. The highest BCUT2D eigenvalue weighted by molar-refractivity contribution is 6.31. The molecule has 1 aliphatic heterocycles. The molecular formula is C25H23ClF2N6O. The molecule has 7 nitrogen and oxygen atoms in total. The van der Waals surface area contributed by atoms with E-state index in [1.807, 2.05) is 4.90 Å². The monoisotopic (exact) mass is 496 g/mol. The maximum absolute atomic E-state index is 14.5. The Kier molecular flexibility index (Phi) is 6.59. The highest BCUT2D eigenvalue weighted by Crippen LogP contribution is 2.28. The minimum absolute atomic E-state index is 0.00316. The SMILES string of the molecule is O=C(Cc1ccc(F)cc1)N1CCCC(CNc2nc(-c3c[nH]c4ncc(Cl)cc34)ncc2F)C1. The fourth-order valence-corrected chi connectivity index (χ4v) is 4.53. The summed E-state index contributed by atoms with van der Waals surface area (Å²) in [7, 11) is 0. The number of piperidine rings is 1. The van der Waals surface area contributed by atoms with Gasteiger partial charge in [0.05, 0.1) is 17.6 Å². The van der Waals surface area contributed by atoms with Crippen molar-refractivity contribution in [3.8, 4) is 11.4 Å². The Morgan fingerprint density at radius 2 is 2.03 bits per heavy atom. The molecular weight excluding hydrogens is 474 g/mol. The smallest absolute Gasteiger partial charge is 0.226 e. The zero-order valence-electron chi connectivity index (χ0n) is 18.8. The molecule has 0 aliphatic carbocycles. The van der Waals surface area contributed by atoms with Gasteiger partial charge < -0.3 is 15.2 Å². The molecule has 1 amide bonds. The van der Waals surface area contributed by atoms with Crippen molar-refractivity contribution in [2.24, 2.45) is 5.92 Å². The van der Waals surface area contributed by atoms with Crippen LogP contribution in [0.2, 0.25) is 5.02 Å². The predicted molar refractivity (Wildman–Crippen MR) is 130 cm³/mol. The fraction of sp³-hybridized carbons (Fsp3) is 0.280. The van der Waals surface area contributed by atoms with Crippen molar-refractivity contribution >= 4 is 34.4 Å². The first-order valence-electron chi connectivity index (χ1n) is 11.4. The van der Waals surface area contributed by atoms with Gasteiger partial charge in [-0.2, -0.15) is 0 Å². The molecule has 1 atom stereocenters. The number of rotatable bonds is 6. The van der Waals surface area contributed by atoms with Gasteiger partial charge in [0.25, 0.3) is 0 Å². The number of H-pyrrole nitrogens is 1. The summed E-state index contributed by atoms with van der Waals surface area (Å²) >= 11 is 6.08. The number of carbonyl (C=O) groups is 1. The predicted octanol–water partition coefficient (Wildman–Crippen LogP) is 4.84. The van der Waals surface area contributed by atoms with Crippen molar-refractivity contribution in [2.45, 2.75) is 19.3 Å². The van der Waals surface area contributed by atoms with Gasteiger partial charge in [0, 0.05) is 43.0 Å². The van der Waals surface area contributed by atoms with Crippen molar-refractivity contribution < 1.29 is 13.6 Å². The lowest BCUT2D eigenvalue weighted by Gasteiger charge is -2.33. The Bertz CT molecular complexity index is 1360. The number of anilines is 1. The van der Waals surface area contributed by atoms with E-state index in [9.17, 15) is 13.6 Å². The number of likely N-dealkylation sites (tertiary alicyclic amines) is 1. The second-order valence-corrected chi connectivity index (χ2v) is 9.11. The zero-order valence-corrected chi connectivity index (χ0v) is 19.5. The second-order valence-electron chi connectivity index (χ2n) is 8.67. The van der Waals surface area contributed by atoms with Crippen molar-refractivity contribution in [3.05, 3.63) is 71.1 Å². The highest BCUT2D eigenvalue weighted by Gasteiger charge is 2.24. The van der Waals surface area contributed by atoms with Gasteiger partial charge in [-0.25, -0.2) is 23.7 Å². The Hall–Kier alpha value is -3.59. The largest absolute Gasteiger partial charge is 0.367 e. The number of aromatic nitrogens is 4. The molecule has 4 aromatic rings. The van der Waals surface area contributed by atoms with Crippen LogP contribution in [-0.2, 0) is 11.2 Å². The van der Waals surface area contributed by atoms with Crippen molar-refractivity contribution in [2.75, 3.05) is 25.0 Å². The maximum atomic E-state index is 14.5. The molecule has 1 fully saturated rings. The quantitative estimate of drug-likeness (QED) is 0.398. The molecule has 0 saturated carbocycles. The number of aromatic amines is 1. The lowest BCUT2D eigenvalue weighted by molar-refractivity contribution is -0.132. The van der Waals surface area contributed by atoms with Crippen molar-refractivity contribution in [3.63, 3.8) is 0 Å². The number of hydrogen-bond donors (Lipinski definition) is 2. The Morgan fingerprint density at radius 1 is 1.20 bits per heavy atom. The molecule has 0 radical (unpaired) electrons. The van der Waals surface area contributed by atoms with E-state index in [4.69, 9.17) is 11.6 Å². The molecule has 1 unspecified atom stereocenters. The molecule has 1 saturated heterocycles. The van der Waals surface area contributed by atoms with Crippen LogP contribution in [0.4, 0.5) is 14.6 Å². The van der Waals surface area contributed by atoms with E-state index >= 15 is 0 Å². The highest BCUT2D eigenvalue weighted by atomic mass is 35.5. The van der Waals surface area contributed by atoms with Crippen LogP contribution in [0.1, 0.15) is 18.4 Å². The fourth-order valence-electron chi connectivity index (χ4n) is 4.37. The van der Waals surface area contributed by atoms with Gasteiger partial charge >= 0.3 is 0 Å². The molecule has 5 rings (SSSR count). The van der Waals surface area contributed by atoms with E-state index in [0.29, 0.717) is 41.7 Å². The Balaban J connectivity index is 1.24. The van der Waals surface area contributed by atoms with Crippen LogP contribution in [0, 0.1) is 17.6 Å². The molecule has 4 heterocycles. The summed E-state index contributed by atoms with van der Waals surface area (Å²) in [6.45, 7) is 1.72.